The fourth-order valence-corrected chi connectivity index (χ4v) is 5.66. The minimum Gasteiger partial charge on any atom is -0.614 e. The maximum absolute atomic E-state index is 6.75. The van der Waals surface area contributed by atoms with Crippen molar-refractivity contribution < 1.29 is 7.58 Å². The normalized spacial score (nSPS) is 17.6. The van der Waals surface area contributed by atoms with Gasteiger partial charge in [0.15, 0.2) is 0 Å². The molecule has 0 amide bonds. The van der Waals surface area contributed by atoms with Crippen LogP contribution in [0.25, 0.3) is 0 Å². The zero-order valence-corrected chi connectivity index (χ0v) is 30.3. The molecule has 0 aromatic heterocycles. The van der Waals surface area contributed by atoms with Crippen LogP contribution in [-0.4, -0.2) is 39.4 Å². The van der Waals surface area contributed by atoms with Gasteiger partial charge in [0.05, 0.1) is 22.6 Å². The van der Waals surface area contributed by atoms with Gasteiger partial charge in [-0.15, -0.1) is 0 Å². The minimum atomic E-state index is -1.47. The van der Waals surface area contributed by atoms with Crippen LogP contribution in [0, 0.1) is 0 Å². The highest BCUT2D eigenvalue weighted by Gasteiger charge is 2.37. The first-order valence-corrected chi connectivity index (χ1v) is 16.2. The van der Waals surface area contributed by atoms with Crippen molar-refractivity contribution in [3.8, 4) is 11.5 Å². The molecule has 0 unspecified atom stereocenters. The molecule has 4 nitrogen and oxygen atoms in total. The Bertz CT molecular complexity index is 1230. The molecule has 0 saturated carbocycles. The number of fused-ring (bicyclic) bond motifs is 2. The van der Waals surface area contributed by atoms with Gasteiger partial charge >= 0.3 is 15.9 Å². The molecule has 41 heavy (non-hydrogen) atoms. The van der Waals surface area contributed by atoms with E-state index in [0.29, 0.717) is 0 Å². The SMILES string of the molecule is CC(C)(C)c1cc2c(c(C(C)(C)C)c1)[O][AlH][O]c1c(cc(C(C)(C)C)cc1C(C)(C)C)C=NC(C)(C)C(C)(C)N=C2. The van der Waals surface area contributed by atoms with E-state index in [9.17, 15) is 0 Å². The predicted molar refractivity (Wildman–Crippen MR) is 179 cm³/mol. The summed E-state index contributed by atoms with van der Waals surface area (Å²) >= 11 is -1.47. The van der Waals surface area contributed by atoms with Gasteiger partial charge in [-0.1, -0.05) is 95.2 Å². The Morgan fingerprint density at radius 1 is 0.512 bits per heavy atom. The lowest BCUT2D eigenvalue weighted by Gasteiger charge is -2.35. The van der Waals surface area contributed by atoms with Crippen molar-refractivity contribution in [2.24, 2.45) is 9.98 Å². The second-order valence-electron chi connectivity index (χ2n) is 16.9. The lowest BCUT2D eigenvalue weighted by Crippen LogP contribution is -2.42. The third-order valence-electron chi connectivity index (χ3n) is 8.54. The first-order valence-electron chi connectivity index (χ1n) is 15.1. The Morgan fingerprint density at radius 3 is 1.10 bits per heavy atom. The molecule has 0 bridgehead atoms. The average Bonchev–Trinajstić information content (AvgIpc) is 2.79. The zero-order valence-electron chi connectivity index (χ0n) is 28.9. The Hall–Kier alpha value is -2.09. The largest absolute Gasteiger partial charge is 0.832 e. The number of hydrogen-bond donors (Lipinski definition) is 0. The Labute approximate surface area is 257 Å². The summed E-state index contributed by atoms with van der Waals surface area (Å²) in [6.07, 6.45) is 4.02. The number of aliphatic imine (C=N–C) groups is 2. The summed E-state index contributed by atoms with van der Waals surface area (Å²) in [4.78, 5) is 10.4. The molecule has 3 rings (SSSR count). The molecule has 0 spiro atoms. The van der Waals surface area contributed by atoms with Crippen molar-refractivity contribution in [1.29, 1.82) is 0 Å². The lowest BCUT2D eigenvalue weighted by atomic mass is 9.78. The van der Waals surface area contributed by atoms with Crippen LogP contribution < -0.4 is 7.58 Å². The van der Waals surface area contributed by atoms with Crippen molar-refractivity contribution >= 4 is 28.3 Å². The van der Waals surface area contributed by atoms with Gasteiger partial charge < -0.3 is 7.58 Å². The van der Waals surface area contributed by atoms with E-state index in [4.69, 9.17) is 17.6 Å². The number of rotatable bonds is 0. The van der Waals surface area contributed by atoms with E-state index in [2.05, 4.69) is 135 Å². The molecule has 0 atom stereocenters. The summed E-state index contributed by atoms with van der Waals surface area (Å²) in [6.45, 7) is 35.7. The summed E-state index contributed by atoms with van der Waals surface area (Å²) < 4.78 is 13.5. The summed E-state index contributed by atoms with van der Waals surface area (Å²) in [5.41, 5.74) is 5.73. The maximum Gasteiger partial charge on any atom is 0.832 e. The first-order chi connectivity index (χ1) is 18.3. The van der Waals surface area contributed by atoms with Crippen molar-refractivity contribution in [1.82, 2.24) is 0 Å². The average molecular weight is 575 g/mol. The molecule has 5 heteroatoms. The highest BCUT2D eigenvalue weighted by Crippen LogP contribution is 2.41. The number of nitrogens with zero attached hydrogens (tertiary/aromatic N) is 2. The van der Waals surface area contributed by atoms with E-state index < -0.39 is 27.0 Å². The molecule has 0 N–H and O–H groups in total. The van der Waals surface area contributed by atoms with E-state index in [1.54, 1.807) is 0 Å². The molecule has 0 radical (unpaired) electrons. The molecule has 0 fully saturated rings. The summed E-state index contributed by atoms with van der Waals surface area (Å²) in [6, 6.07) is 9.14. The first kappa shape index (κ1) is 33.4. The smallest absolute Gasteiger partial charge is 0.614 e. The molecule has 1 aliphatic heterocycles. The standard InChI is InChI=1S/C36H56N2O2.Al.H/c1-31(2,3)25-17-23(29(39)27(19-25)33(7,8)9)21-37-35(13,14)36(15,16)38-22-24-18-26(32(4,5)6)20-28(30(24)40)34(10,11)12;;/h17-22,39-40H,1-16H3;;/q;+2;/p-2. The van der Waals surface area contributed by atoms with Crippen molar-refractivity contribution in [3.05, 3.63) is 57.6 Å². The molecule has 0 saturated heterocycles. The molecule has 2 aromatic rings. The van der Waals surface area contributed by atoms with E-state index >= 15 is 0 Å². The summed E-state index contributed by atoms with van der Waals surface area (Å²) in [5.74, 6) is 1.78. The van der Waals surface area contributed by atoms with Crippen LogP contribution in [-0.2, 0) is 21.7 Å². The maximum atomic E-state index is 6.75. The van der Waals surface area contributed by atoms with Crippen molar-refractivity contribution in [2.45, 2.75) is 144 Å². The number of hydrogen-bond acceptors (Lipinski definition) is 4. The second kappa shape index (κ2) is 10.9. The van der Waals surface area contributed by atoms with Crippen LogP contribution in [0.2, 0.25) is 0 Å². The molecular formula is C36H55AlN2O2. The Kier molecular flexibility index (Phi) is 8.87. The molecule has 1 heterocycles. The lowest BCUT2D eigenvalue weighted by molar-refractivity contribution is 0.317. The molecule has 224 valence electrons. The van der Waals surface area contributed by atoms with Gasteiger partial charge in [0.2, 0.25) is 0 Å². The topological polar surface area (TPSA) is 43.2 Å². The van der Waals surface area contributed by atoms with Crippen LogP contribution in [0.3, 0.4) is 0 Å². The monoisotopic (exact) mass is 574 g/mol. The van der Waals surface area contributed by atoms with E-state index in [-0.39, 0.29) is 21.7 Å². The number of benzene rings is 2. The third-order valence-corrected chi connectivity index (χ3v) is 9.35. The van der Waals surface area contributed by atoms with Crippen LogP contribution in [0.1, 0.15) is 144 Å². The van der Waals surface area contributed by atoms with Crippen LogP contribution >= 0.6 is 0 Å². The minimum absolute atomic E-state index is 0.0115. The van der Waals surface area contributed by atoms with Gasteiger partial charge in [-0.2, -0.15) is 0 Å². The summed E-state index contributed by atoms with van der Waals surface area (Å²) in [7, 11) is 0. The van der Waals surface area contributed by atoms with Gasteiger partial charge in [0.25, 0.3) is 0 Å². The van der Waals surface area contributed by atoms with Crippen molar-refractivity contribution in [3.63, 3.8) is 0 Å². The highest BCUT2D eigenvalue weighted by atomic mass is 27.2. The van der Waals surface area contributed by atoms with Gasteiger partial charge in [-0.3, -0.25) is 9.98 Å². The summed E-state index contributed by atoms with van der Waals surface area (Å²) in [5, 5.41) is 0. The van der Waals surface area contributed by atoms with E-state index in [0.717, 1.165) is 22.6 Å². The van der Waals surface area contributed by atoms with Gasteiger partial charge in [-0.05, 0) is 83.7 Å². The van der Waals surface area contributed by atoms with Crippen molar-refractivity contribution in [2.75, 3.05) is 0 Å². The van der Waals surface area contributed by atoms with E-state index in [1.807, 2.05) is 12.4 Å². The second-order valence-corrected chi connectivity index (χ2v) is 17.7. The predicted octanol–water partition coefficient (Wildman–Crippen LogP) is 9.01. The third kappa shape index (κ3) is 7.47. The fraction of sp³-hybridized carbons (Fsp3) is 0.611. The van der Waals surface area contributed by atoms with Crippen LogP contribution in [0.15, 0.2) is 34.3 Å². The molecule has 2 aromatic carbocycles. The molecule has 1 aliphatic rings. The Morgan fingerprint density at radius 2 is 0.829 bits per heavy atom. The van der Waals surface area contributed by atoms with Crippen LogP contribution in [0.5, 0.6) is 11.5 Å². The van der Waals surface area contributed by atoms with Gasteiger partial charge in [0, 0.05) is 23.6 Å². The van der Waals surface area contributed by atoms with Gasteiger partial charge in [0.1, 0.15) is 0 Å². The van der Waals surface area contributed by atoms with Crippen LogP contribution in [0.4, 0.5) is 0 Å². The van der Waals surface area contributed by atoms with Gasteiger partial charge in [-0.25, -0.2) is 0 Å². The quantitative estimate of drug-likeness (QED) is 0.295. The zero-order chi connectivity index (χ0) is 31.4. The molecular weight excluding hydrogens is 519 g/mol. The Balaban J connectivity index is 2.37. The van der Waals surface area contributed by atoms with E-state index in [1.165, 1.54) is 22.3 Å². The molecule has 0 aliphatic carbocycles. The highest BCUT2D eigenvalue weighted by molar-refractivity contribution is 6.21. The fourth-order valence-electron chi connectivity index (χ4n) is 4.72.